The largest absolute Gasteiger partial charge is 0.527 e. The molecule has 32 heavy (non-hydrogen) atoms. The number of hydrogen-bond acceptors (Lipinski definition) is 9. The third-order valence-electron chi connectivity index (χ3n) is 4.49. The molecule has 0 saturated heterocycles. The van der Waals surface area contributed by atoms with Crippen molar-refractivity contribution >= 4 is 19.4 Å². The summed E-state index contributed by atoms with van der Waals surface area (Å²) in [4.78, 5) is 9.91. The molecule has 2 aromatic carbocycles. The average Bonchev–Trinajstić information content (AvgIpc) is 3.27. The summed E-state index contributed by atoms with van der Waals surface area (Å²) in [6, 6.07) is 8.66. The van der Waals surface area contributed by atoms with E-state index in [1.54, 1.807) is 51.5 Å². The van der Waals surface area contributed by atoms with Gasteiger partial charge in [-0.05, 0) is 48.3 Å². The van der Waals surface area contributed by atoms with Crippen LogP contribution in [0.15, 0.2) is 35.7 Å². The number of phosphoric acid groups is 1. The van der Waals surface area contributed by atoms with Crippen LogP contribution in [-0.4, -0.2) is 44.3 Å². The standard InChI is InChI=1S/C21H24NO8PS/c1-6-29-31(23,24)30-17-9-13(7-8-16(17)25-2)15-12-32-22-20(15)14-10-18(26-3)21(28-5)19(11-14)27-4/h7-12H,6H2,1-5H3,(H,23,24). The Balaban J connectivity index is 2.09. The molecule has 1 heterocycles. The van der Waals surface area contributed by atoms with Crippen LogP contribution in [0, 0.1) is 0 Å². The molecule has 0 bridgehead atoms. The molecule has 0 aliphatic rings. The monoisotopic (exact) mass is 481 g/mol. The Kier molecular flexibility index (Phi) is 7.63. The van der Waals surface area contributed by atoms with Crippen molar-refractivity contribution in [2.75, 3.05) is 35.0 Å². The maximum absolute atomic E-state index is 12.1. The molecule has 9 nitrogen and oxygen atoms in total. The van der Waals surface area contributed by atoms with Crippen LogP contribution in [0.5, 0.6) is 28.7 Å². The molecule has 3 aromatic rings. The van der Waals surface area contributed by atoms with Gasteiger partial charge < -0.3 is 23.5 Å². The summed E-state index contributed by atoms with van der Waals surface area (Å²) in [5.74, 6) is 1.84. The molecule has 1 aromatic heterocycles. The van der Waals surface area contributed by atoms with E-state index >= 15 is 0 Å². The van der Waals surface area contributed by atoms with E-state index in [-0.39, 0.29) is 12.4 Å². The number of ether oxygens (including phenoxy) is 4. The Labute approximate surface area is 190 Å². The van der Waals surface area contributed by atoms with Gasteiger partial charge in [0.1, 0.15) is 0 Å². The Morgan fingerprint density at radius 3 is 2.09 bits per heavy atom. The van der Waals surface area contributed by atoms with Crippen molar-refractivity contribution in [3.05, 3.63) is 35.7 Å². The molecule has 11 heteroatoms. The molecule has 0 spiro atoms. The van der Waals surface area contributed by atoms with Gasteiger partial charge >= 0.3 is 7.82 Å². The molecule has 1 unspecified atom stereocenters. The van der Waals surface area contributed by atoms with Crippen molar-refractivity contribution in [3.8, 4) is 51.1 Å². The zero-order valence-electron chi connectivity index (χ0n) is 18.3. The second kappa shape index (κ2) is 10.2. The number of nitrogens with zero attached hydrogens (tertiary/aromatic N) is 1. The topological polar surface area (TPSA) is 106 Å². The number of phosphoric ester groups is 1. The highest BCUT2D eigenvalue weighted by molar-refractivity contribution is 7.47. The van der Waals surface area contributed by atoms with E-state index in [1.807, 2.05) is 5.38 Å². The molecule has 0 aliphatic carbocycles. The first kappa shape index (κ1) is 23.9. The molecule has 0 amide bonds. The first-order valence-corrected chi connectivity index (χ1v) is 11.8. The highest BCUT2D eigenvalue weighted by Crippen LogP contribution is 2.48. The Morgan fingerprint density at radius 1 is 0.906 bits per heavy atom. The molecular formula is C21H24NO8PS. The highest BCUT2D eigenvalue weighted by atomic mass is 32.1. The van der Waals surface area contributed by atoms with Crippen LogP contribution in [-0.2, 0) is 9.09 Å². The lowest BCUT2D eigenvalue weighted by atomic mass is 10.0. The van der Waals surface area contributed by atoms with Gasteiger partial charge in [-0.3, -0.25) is 9.42 Å². The number of aromatic nitrogens is 1. The Bertz CT molecular complexity index is 1110. The maximum Gasteiger partial charge on any atom is 0.527 e. The van der Waals surface area contributed by atoms with Crippen LogP contribution in [0.2, 0.25) is 0 Å². The van der Waals surface area contributed by atoms with Gasteiger partial charge in [0, 0.05) is 16.5 Å². The van der Waals surface area contributed by atoms with Crippen LogP contribution < -0.4 is 23.5 Å². The lowest BCUT2D eigenvalue weighted by Gasteiger charge is -2.16. The van der Waals surface area contributed by atoms with Gasteiger partial charge in [0.2, 0.25) is 5.75 Å². The summed E-state index contributed by atoms with van der Waals surface area (Å²) in [6.07, 6.45) is 0. The minimum absolute atomic E-state index is 0.0233. The molecular weight excluding hydrogens is 457 g/mol. The average molecular weight is 481 g/mol. The van der Waals surface area contributed by atoms with Crippen LogP contribution in [0.1, 0.15) is 6.92 Å². The fourth-order valence-corrected chi connectivity index (χ4v) is 4.58. The van der Waals surface area contributed by atoms with E-state index in [0.29, 0.717) is 34.3 Å². The SMILES string of the molecule is CCOP(=O)(O)Oc1cc(-c2csnc2-c2cc(OC)c(OC)c(OC)c2)ccc1OC. The third kappa shape index (κ3) is 4.99. The van der Waals surface area contributed by atoms with Crippen LogP contribution in [0.3, 0.4) is 0 Å². The number of hydrogen-bond donors (Lipinski definition) is 1. The van der Waals surface area contributed by atoms with E-state index in [9.17, 15) is 9.46 Å². The molecule has 3 rings (SSSR count). The lowest BCUT2D eigenvalue weighted by Crippen LogP contribution is -1.99. The van der Waals surface area contributed by atoms with Crippen molar-refractivity contribution < 1.29 is 37.5 Å². The Morgan fingerprint density at radius 2 is 1.53 bits per heavy atom. The summed E-state index contributed by atoms with van der Waals surface area (Å²) in [5, 5.41) is 1.87. The van der Waals surface area contributed by atoms with Crippen LogP contribution in [0.25, 0.3) is 22.4 Å². The first-order valence-electron chi connectivity index (χ1n) is 9.47. The normalized spacial score (nSPS) is 12.7. The van der Waals surface area contributed by atoms with Gasteiger partial charge in [-0.1, -0.05) is 6.07 Å². The molecule has 0 radical (unpaired) electrons. The van der Waals surface area contributed by atoms with Gasteiger partial charge in [-0.25, -0.2) is 4.57 Å². The van der Waals surface area contributed by atoms with Crippen LogP contribution in [0.4, 0.5) is 0 Å². The first-order chi connectivity index (χ1) is 15.4. The van der Waals surface area contributed by atoms with Crippen molar-refractivity contribution in [3.63, 3.8) is 0 Å². The minimum Gasteiger partial charge on any atom is -0.493 e. The molecule has 1 atom stereocenters. The van der Waals surface area contributed by atoms with Crippen molar-refractivity contribution in [1.82, 2.24) is 4.37 Å². The highest BCUT2D eigenvalue weighted by Gasteiger charge is 2.25. The van der Waals surface area contributed by atoms with Gasteiger partial charge in [-0.15, -0.1) is 0 Å². The zero-order chi connectivity index (χ0) is 23.3. The van der Waals surface area contributed by atoms with E-state index < -0.39 is 7.82 Å². The zero-order valence-corrected chi connectivity index (χ0v) is 20.0. The van der Waals surface area contributed by atoms with Crippen molar-refractivity contribution in [2.24, 2.45) is 0 Å². The van der Waals surface area contributed by atoms with Gasteiger partial charge in [-0.2, -0.15) is 4.37 Å². The fraction of sp³-hybridized carbons (Fsp3) is 0.286. The van der Waals surface area contributed by atoms with E-state index in [0.717, 1.165) is 11.1 Å². The summed E-state index contributed by atoms with van der Waals surface area (Å²) < 4.78 is 48.3. The van der Waals surface area contributed by atoms with E-state index in [4.69, 9.17) is 28.0 Å². The summed E-state index contributed by atoms with van der Waals surface area (Å²) in [7, 11) is 1.77. The third-order valence-corrected chi connectivity index (χ3v) is 6.13. The smallest absolute Gasteiger partial charge is 0.493 e. The van der Waals surface area contributed by atoms with E-state index in [1.165, 1.54) is 25.8 Å². The molecule has 172 valence electrons. The molecule has 0 aliphatic heterocycles. The quantitative estimate of drug-likeness (QED) is 0.399. The predicted molar refractivity (Wildman–Crippen MR) is 121 cm³/mol. The Hall–Kier alpha value is -2.78. The fourth-order valence-electron chi connectivity index (χ4n) is 3.10. The minimum atomic E-state index is -4.29. The lowest BCUT2D eigenvalue weighted by molar-refractivity contribution is 0.210. The predicted octanol–water partition coefficient (Wildman–Crippen LogP) is 5.03. The number of methoxy groups -OCH3 is 4. The molecule has 1 N–H and O–H groups in total. The molecule has 0 fully saturated rings. The summed E-state index contributed by atoms with van der Waals surface area (Å²) in [5.41, 5.74) is 2.90. The molecule has 0 saturated carbocycles. The van der Waals surface area contributed by atoms with Gasteiger partial charge in [0.25, 0.3) is 0 Å². The summed E-state index contributed by atoms with van der Waals surface area (Å²) in [6.45, 7) is 1.62. The number of benzene rings is 2. The van der Waals surface area contributed by atoms with Crippen LogP contribution >= 0.6 is 19.4 Å². The van der Waals surface area contributed by atoms with Crippen molar-refractivity contribution in [2.45, 2.75) is 6.92 Å². The second-order valence-corrected chi connectivity index (χ2v) is 8.34. The number of rotatable bonds is 10. The van der Waals surface area contributed by atoms with Gasteiger partial charge in [0.05, 0.1) is 40.7 Å². The maximum atomic E-state index is 12.1. The van der Waals surface area contributed by atoms with Crippen molar-refractivity contribution in [1.29, 1.82) is 0 Å². The van der Waals surface area contributed by atoms with Gasteiger partial charge in [0.15, 0.2) is 23.0 Å². The van der Waals surface area contributed by atoms with E-state index in [2.05, 4.69) is 4.37 Å². The second-order valence-electron chi connectivity index (χ2n) is 6.33. The summed E-state index contributed by atoms with van der Waals surface area (Å²) >= 11 is 1.27.